The Kier molecular flexibility index (Phi) is 5.36. The molecular weight excluding hydrogens is 404 g/mol. The molecule has 1 atom stereocenters. The van der Waals surface area contributed by atoms with E-state index < -0.39 is 15.9 Å². The first-order valence-corrected chi connectivity index (χ1v) is 12.1. The van der Waals surface area contributed by atoms with Crippen molar-refractivity contribution in [3.8, 4) is 11.5 Å². The summed E-state index contributed by atoms with van der Waals surface area (Å²) in [5, 5.41) is 0. The lowest BCUT2D eigenvalue weighted by Gasteiger charge is -2.20. The Labute approximate surface area is 175 Å². The van der Waals surface area contributed by atoms with Gasteiger partial charge in [0, 0.05) is 6.26 Å². The Hall–Kier alpha value is -2.74. The second-order valence-electron chi connectivity index (χ2n) is 7.77. The number of imidazole rings is 1. The highest BCUT2D eigenvalue weighted by Crippen LogP contribution is 2.43. The van der Waals surface area contributed by atoms with Crippen LogP contribution in [0.4, 0.5) is 0 Å². The summed E-state index contributed by atoms with van der Waals surface area (Å²) in [6, 6.07) is 10.4. The summed E-state index contributed by atoms with van der Waals surface area (Å²) in [5.74, 6) is 1.33. The minimum atomic E-state index is -3.38. The van der Waals surface area contributed by atoms with Gasteiger partial charge < -0.3 is 14.5 Å². The maximum absolute atomic E-state index is 13.0. The highest BCUT2D eigenvalue weighted by atomic mass is 32.2. The number of sulfone groups is 1. The lowest BCUT2D eigenvalue weighted by Crippen LogP contribution is -2.28. The molecule has 1 aliphatic rings. The fourth-order valence-corrected chi connectivity index (χ4v) is 4.91. The van der Waals surface area contributed by atoms with Crippen LogP contribution in [0.1, 0.15) is 42.9 Å². The third-order valence-electron chi connectivity index (χ3n) is 5.45. The van der Waals surface area contributed by atoms with Crippen LogP contribution in [0.3, 0.4) is 0 Å². The predicted molar refractivity (Wildman–Crippen MR) is 117 cm³/mol. The van der Waals surface area contributed by atoms with Crippen LogP contribution in [-0.2, 0) is 9.84 Å². The highest BCUT2D eigenvalue weighted by Gasteiger charge is 2.29. The molecule has 1 fully saturated rings. The molecule has 3 aromatic rings. The van der Waals surface area contributed by atoms with E-state index in [1.807, 2.05) is 25.1 Å². The molecule has 1 aliphatic carbocycles. The Morgan fingerprint density at radius 1 is 1.20 bits per heavy atom. The second-order valence-corrected chi connectivity index (χ2v) is 9.95. The Morgan fingerprint density at radius 3 is 2.60 bits per heavy atom. The summed E-state index contributed by atoms with van der Waals surface area (Å²) >= 11 is 0. The van der Waals surface area contributed by atoms with Gasteiger partial charge in [-0.1, -0.05) is 18.2 Å². The Balaban J connectivity index is 1.91. The first kappa shape index (κ1) is 20.5. The average molecular weight is 431 g/mol. The van der Waals surface area contributed by atoms with Crippen LogP contribution < -0.4 is 15.2 Å². The number of aromatic amines is 1. The van der Waals surface area contributed by atoms with E-state index in [1.54, 1.807) is 29.9 Å². The first-order valence-electron chi connectivity index (χ1n) is 10.0. The molecule has 160 valence electrons. The molecule has 0 aliphatic heterocycles. The molecule has 7 nitrogen and oxygen atoms in total. The average Bonchev–Trinajstić information content (AvgIpc) is 3.47. The van der Waals surface area contributed by atoms with E-state index in [0.29, 0.717) is 35.1 Å². The summed E-state index contributed by atoms with van der Waals surface area (Å²) in [5.41, 5.74) is 2.98. The fraction of sp³-hybridized carbons (Fsp3) is 0.409. The number of para-hydroxylation sites is 1. The molecular formula is C22H26N2O5S. The van der Waals surface area contributed by atoms with Crippen molar-refractivity contribution >= 4 is 20.9 Å². The number of H-pyrrole nitrogens is 1. The number of benzene rings is 2. The normalized spacial score (nSPS) is 15.3. The summed E-state index contributed by atoms with van der Waals surface area (Å²) < 4.78 is 37.2. The van der Waals surface area contributed by atoms with Crippen molar-refractivity contribution in [2.45, 2.75) is 31.7 Å². The van der Waals surface area contributed by atoms with E-state index in [9.17, 15) is 13.2 Å². The number of methoxy groups -OCH3 is 1. The van der Waals surface area contributed by atoms with Gasteiger partial charge in [-0.2, -0.15) is 0 Å². The second kappa shape index (κ2) is 7.83. The maximum atomic E-state index is 13.0. The van der Waals surface area contributed by atoms with Gasteiger partial charge in [0.05, 0.1) is 36.5 Å². The van der Waals surface area contributed by atoms with Crippen molar-refractivity contribution < 1.29 is 17.9 Å². The zero-order chi connectivity index (χ0) is 21.5. The van der Waals surface area contributed by atoms with Crippen LogP contribution >= 0.6 is 0 Å². The van der Waals surface area contributed by atoms with E-state index in [4.69, 9.17) is 9.47 Å². The van der Waals surface area contributed by atoms with Crippen LogP contribution in [0.5, 0.6) is 11.5 Å². The maximum Gasteiger partial charge on any atom is 0.327 e. The van der Waals surface area contributed by atoms with Crippen molar-refractivity contribution in [3.63, 3.8) is 0 Å². The molecule has 4 rings (SSSR count). The number of rotatable bonds is 8. The molecule has 1 heterocycles. The molecule has 0 radical (unpaired) electrons. The van der Waals surface area contributed by atoms with Crippen LogP contribution in [0.15, 0.2) is 41.2 Å². The van der Waals surface area contributed by atoms with Crippen molar-refractivity contribution in [1.82, 2.24) is 9.55 Å². The van der Waals surface area contributed by atoms with Crippen molar-refractivity contribution in [1.29, 1.82) is 0 Å². The van der Waals surface area contributed by atoms with E-state index >= 15 is 0 Å². The molecule has 0 bridgehead atoms. The van der Waals surface area contributed by atoms with Gasteiger partial charge in [-0.05, 0) is 55.0 Å². The van der Waals surface area contributed by atoms with Crippen LogP contribution in [0, 0.1) is 0 Å². The van der Waals surface area contributed by atoms with Gasteiger partial charge in [-0.25, -0.2) is 13.2 Å². The molecule has 0 spiro atoms. The van der Waals surface area contributed by atoms with Gasteiger partial charge in [-0.15, -0.1) is 0 Å². The predicted octanol–water partition coefficient (Wildman–Crippen LogP) is 3.25. The summed E-state index contributed by atoms with van der Waals surface area (Å²) in [6.45, 7) is 2.30. The fourth-order valence-electron chi connectivity index (χ4n) is 3.99. The Bertz CT molecular complexity index is 1240. The smallest absolute Gasteiger partial charge is 0.327 e. The van der Waals surface area contributed by atoms with Gasteiger partial charge in [0.25, 0.3) is 0 Å². The Morgan fingerprint density at radius 2 is 1.97 bits per heavy atom. The molecule has 8 heteroatoms. The molecule has 1 N–H and O–H groups in total. The molecule has 2 aromatic carbocycles. The largest absolute Gasteiger partial charge is 0.493 e. The molecule has 0 saturated heterocycles. The zero-order valence-electron chi connectivity index (χ0n) is 17.3. The highest BCUT2D eigenvalue weighted by molar-refractivity contribution is 7.90. The van der Waals surface area contributed by atoms with Gasteiger partial charge in [0.2, 0.25) is 0 Å². The van der Waals surface area contributed by atoms with Crippen LogP contribution in [0.2, 0.25) is 0 Å². The number of hydrogen-bond acceptors (Lipinski definition) is 5. The van der Waals surface area contributed by atoms with Gasteiger partial charge in [0.1, 0.15) is 9.84 Å². The number of nitrogens with one attached hydrogen (secondary N) is 1. The van der Waals surface area contributed by atoms with E-state index in [0.717, 1.165) is 23.9 Å². The van der Waals surface area contributed by atoms with Gasteiger partial charge in [-0.3, -0.25) is 4.57 Å². The van der Waals surface area contributed by atoms with Gasteiger partial charge in [0.15, 0.2) is 11.5 Å². The monoisotopic (exact) mass is 430 g/mol. The lowest BCUT2D eigenvalue weighted by molar-refractivity contribution is 0.310. The summed E-state index contributed by atoms with van der Waals surface area (Å²) in [7, 11) is -1.83. The first-order chi connectivity index (χ1) is 14.3. The minimum absolute atomic E-state index is 0.203. The topological polar surface area (TPSA) is 90.4 Å². The molecule has 1 saturated carbocycles. The van der Waals surface area contributed by atoms with Crippen molar-refractivity contribution in [2.24, 2.45) is 0 Å². The summed E-state index contributed by atoms with van der Waals surface area (Å²) in [4.78, 5) is 16.0. The standard InChI is InChI=1S/C22H26N2O5S/c1-4-29-20-12-15(10-11-19(20)28-2)18(13-30(3,26)27)24-17-7-5-6-16(14-8-9-14)21(17)23-22(24)25/h5-7,10-12,14,18H,4,8-9,13H2,1-3H3,(H,23,25). The van der Waals surface area contributed by atoms with Gasteiger partial charge >= 0.3 is 5.69 Å². The zero-order valence-corrected chi connectivity index (χ0v) is 18.2. The number of aromatic nitrogens is 2. The minimum Gasteiger partial charge on any atom is -0.493 e. The SMILES string of the molecule is CCOc1cc(C(CS(C)(=O)=O)n2c(=O)[nH]c3c(C4CC4)cccc32)ccc1OC. The number of ether oxygens (including phenoxy) is 2. The third-order valence-corrected chi connectivity index (χ3v) is 6.37. The van der Waals surface area contributed by atoms with E-state index in [2.05, 4.69) is 4.98 Å². The van der Waals surface area contributed by atoms with Crippen LogP contribution in [0.25, 0.3) is 11.0 Å². The van der Waals surface area contributed by atoms with E-state index in [-0.39, 0.29) is 11.4 Å². The molecule has 0 amide bonds. The van der Waals surface area contributed by atoms with Crippen molar-refractivity contribution in [2.75, 3.05) is 25.7 Å². The number of nitrogens with zero attached hydrogens (tertiary/aromatic N) is 1. The number of hydrogen-bond donors (Lipinski definition) is 1. The number of fused-ring (bicyclic) bond motifs is 1. The van der Waals surface area contributed by atoms with Crippen molar-refractivity contribution in [3.05, 3.63) is 58.0 Å². The molecule has 1 aromatic heterocycles. The molecule has 1 unspecified atom stereocenters. The van der Waals surface area contributed by atoms with Crippen LogP contribution in [-0.4, -0.2) is 43.7 Å². The lowest BCUT2D eigenvalue weighted by atomic mass is 10.1. The summed E-state index contributed by atoms with van der Waals surface area (Å²) in [6.07, 6.45) is 3.40. The quantitative estimate of drug-likeness (QED) is 0.592. The van der Waals surface area contributed by atoms with E-state index in [1.165, 1.54) is 6.26 Å². The molecule has 30 heavy (non-hydrogen) atoms. The third kappa shape index (κ3) is 3.96.